The molecule has 0 aliphatic heterocycles. The molecule has 0 amide bonds. The van der Waals surface area contributed by atoms with Crippen molar-refractivity contribution in [2.75, 3.05) is 13.2 Å². The number of hydrogen-bond donors (Lipinski definition) is 1. The molecular weight excluding hydrogens is 198 g/mol. The van der Waals surface area contributed by atoms with E-state index in [1.54, 1.807) is 0 Å². The summed E-state index contributed by atoms with van der Waals surface area (Å²) in [7, 11) is 0. The molecule has 1 heterocycles. The van der Waals surface area contributed by atoms with Crippen molar-refractivity contribution in [3.05, 3.63) is 11.9 Å². The zero-order valence-electron chi connectivity index (χ0n) is 8.30. The second-order valence-corrected chi connectivity index (χ2v) is 3.69. The molecule has 0 bridgehead atoms. The summed E-state index contributed by atoms with van der Waals surface area (Å²) in [6, 6.07) is 0. The fourth-order valence-electron chi connectivity index (χ4n) is 1.20. The first-order chi connectivity index (χ1) is 7.25. The third-order valence-corrected chi connectivity index (χ3v) is 2.27. The van der Waals surface area contributed by atoms with Crippen molar-refractivity contribution in [3.8, 4) is 0 Å². The van der Waals surface area contributed by atoms with Crippen LogP contribution in [0, 0.1) is 5.92 Å². The number of carboxylic acid groups (broad SMARTS) is 1. The highest BCUT2D eigenvalue weighted by Crippen LogP contribution is 2.28. The van der Waals surface area contributed by atoms with Crippen LogP contribution in [0.1, 0.15) is 23.3 Å². The monoisotopic (exact) mass is 211 g/mol. The Hall–Kier alpha value is -1.43. The van der Waals surface area contributed by atoms with Gasteiger partial charge in [-0.1, -0.05) is 5.21 Å². The number of aromatic carboxylic acids is 1. The van der Waals surface area contributed by atoms with Crippen LogP contribution >= 0.6 is 0 Å². The van der Waals surface area contributed by atoms with Crippen LogP contribution in [0.3, 0.4) is 0 Å². The van der Waals surface area contributed by atoms with E-state index >= 15 is 0 Å². The van der Waals surface area contributed by atoms with Crippen molar-refractivity contribution in [2.45, 2.75) is 19.4 Å². The lowest BCUT2D eigenvalue weighted by molar-refractivity contribution is 0.0690. The topological polar surface area (TPSA) is 77.2 Å². The Morgan fingerprint density at radius 2 is 2.47 bits per heavy atom. The Morgan fingerprint density at radius 1 is 1.67 bits per heavy atom. The molecule has 1 aromatic heterocycles. The van der Waals surface area contributed by atoms with Gasteiger partial charge in [-0.2, -0.15) is 0 Å². The highest BCUT2D eigenvalue weighted by Gasteiger charge is 2.20. The Balaban J connectivity index is 1.70. The maximum atomic E-state index is 10.5. The second-order valence-electron chi connectivity index (χ2n) is 3.69. The van der Waals surface area contributed by atoms with Gasteiger partial charge in [0.2, 0.25) is 0 Å². The summed E-state index contributed by atoms with van der Waals surface area (Å²) in [5.41, 5.74) is -0.0304. The van der Waals surface area contributed by atoms with Crippen LogP contribution in [-0.2, 0) is 11.3 Å². The van der Waals surface area contributed by atoms with E-state index in [9.17, 15) is 4.79 Å². The minimum Gasteiger partial charge on any atom is -0.476 e. The van der Waals surface area contributed by atoms with Crippen molar-refractivity contribution < 1.29 is 14.6 Å². The summed E-state index contributed by atoms with van der Waals surface area (Å²) in [5.74, 6) is -0.310. The molecule has 0 unspecified atom stereocenters. The average molecular weight is 211 g/mol. The minimum atomic E-state index is -1.06. The molecule has 1 aromatic rings. The zero-order valence-corrected chi connectivity index (χ0v) is 8.30. The first kappa shape index (κ1) is 10.1. The van der Waals surface area contributed by atoms with Crippen molar-refractivity contribution in [3.63, 3.8) is 0 Å². The van der Waals surface area contributed by atoms with Gasteiger partial charge in [0, 0.05) is 6.61 Å². The van der Waals surface area contributed by atoms with Crippen LogP contribution in [-0.4, -0.2) is 39.3 Å². The Morgan fingerprint density at radius 3 is 3.07 bits per heavy atom. The van der Waals surface area contributed by atoms with Crippen molar-refractivity contribution in [2.24, 2.45) is 5.92 Å². The van der Waals surface area contributed by atoms with E-state index in [2.05, 4.69) is 10.3 Å². The molecule has 15 heavy (non-hydrogen) atoms. The molecule has 0 spiro atoms. The molecule has 6 heteroatoms. The lowest BCUT2D eigenvalue weighted by Crippen LogP contribution is -2.08. The Kier molecular flexibility index (Phi) is 2.96. The number of hydrogen-bond acceptors (Lipinski definition) is 4. The molecule has 1 N–H and O–H groups in total. The number of carboxylic acids is 1. The van der Waals surface area contributed by atoms with E-state index in [-0.39, 0.29) is 5.69 Å². The summed E-state index contributed by atoms with van der Waals surface area (Å²) in [6.07, 6.45) is 3.95. The fraction of sp³-hybridized carbons (Fsp3) is 0.667. The quantitative estimate of drug-likeness (QED) is 0.689. The van der Waals surface area contributed by atoms with E-state index in [0.717, 1.165) is 12.5 Å². The predicted molar refractivity (Wildman–Crippen MR) is 50.5 cm³/mol. The summed E-state index contributed by atoms with van der Waals surface area (Å²) in [5, 5.41) is 15.8. The molecule has 0 atom stereocenters. The van der Waals surface area contributed by atoms with Crippen LogP contribution in [0.5, 0.6) is 0 Å². The van der Waals surface area contributed by atoms with Crippen LogP contribution in [0.2, 0.25) is 0 Å². The van der Waals surface area contributed by atoms with Gasteiger partial charge in [0.05, 0.1) is 19.3 Å². The average Bonchev–Trinajstić information content (AvgIpc) is 2.90. The van der Waals surface area contributed by atoms with Gasteiger partial charge in [0.1, 0.15) is 0 Å². The molecule has 6 nitrogen and oxygen atoms in total. The predicted octanol–water partition coefficient (Wildman–Crippen LogP) is 0.403. The molecule has 2 rings (SSSR count). The van der Waals surface area contributed by atoms with Gasteiger partial charge in [-0.3, -0.25) is 0 Å². The van der Waals surface area contributed by atoms with E-state index < -0.39 is 5.97 Å². The van der Waals surface area contributed by atoms with Crippen LogP contribution in [0.25, 0.3) is 0 Å². The van der Waals surface area contributed by atoms with Crippen LogP contribution < -0.4 is 0 Å². The summed E-state index contributed by atoms with van der Waals surface area (Å²) in [6.45, 7) is 1.91. The van der Waals surface area contributed by atoms with Crippen LogP contribution in [0.15, 0.2) is 6.20 Å². The summed E-state index contributed by atoms with van der Waals surface area (Å²) < 4.78 is 6.88. The number of ether oxygens (including phenoxy) is 1. The fourth-order valence-corrected chi connectivity index (χ4v) is 1.20. The van der Waals surface area contributed by atoms with Gasteiger partial charge >= 0.3 is 5.97 Å². The smallest absolute Gasteiger partial charge is 0.358 e. The minimum absolute atomic E-state index is 0.0304. The normalized spacial score (nSPS) is 15.5. The molecule has 1 saturated carbocycles. The Bertz CT molecular complexity index is 346. The second kappa shape index (κ2) is 4.39. The van der Waals surface area contributed by atoms with E-state index in [4.69, 9.17) is 9.84 Å². The van der Waals surface area contributed by atoms with Gasteiger partial charge in [0.25, 0.3) is 0 Å². The van der Waals surface area contributed by atoms with Gasteiger partial charge < -0.3 is 9.84 Å². The zero-order chi connectivity index (χ0) is 10.7. The SMILES string of the molecule is O=C(O)c1cn(CCOCC2CC2)nn1. The van der Waals surface area contributed by atoms with Crippen molar-refractivity contribution in [1.82, 2.24) is 15.0 Å². The van der Waals surface area contributed by atoms with Crippen LogP contribution in [0.4, 0.5) is 0 Å². The van der Waals surface area contributed by atoms with E-state index in [1.165, 1.54) is 23.7 Å². The Labute approximate surface area is 86.8 Å². The third kappa shape index (κ3) is 3.02. The van der Waals surface area contributed by atoms with Gasteiger partial charge in [-0.15, -0.1) is 5.10 Å². The lowest BCUT2D eigenvalue weighted by Gasteiger charge is -2.01. The molecule has 82 valence electrons. The molecule has 1 aliphatic rings. The number of rotatable bonds is 6. The summed E-state index contributed by atoms with van der Waals surface area (Å²) >= 11 is 0. The highest BCUT2D eigenvalue weighted by molar-refractivity contribution is 5.84. The van der Waals surface area contributed by atoms with E-state index in [0.29, 0.717) is 13.2 Å². The molecule has 0 saturated heterocycles. The summed E-state index contributed by atoms with van der Waals surface area (Å²) in [4.78, 5) is 10.5. The first-order valence-electron chi connectivity index (χ1n) is 4.97. The maximum Gasteiger partial charge on any atom is 0.358 e. The van der Waals surface area contributed by atoms with E-state index in [1.807, 2.05) is 0 Å². The molecular formula is C9H13N3O3. The first-order valence-corrected chi connectivity index (χ1v) is 4.97. The van der Waals surface area contributed by atoms with Crippen molar-refractivity contribution in [1.29, 1.82) is 0 Å². The largest absolute Gasteiger partial charge is 0.476 e. The maximum absolute atomic E-state index is 10.5. The van der Waals surface area contributed by atoms with Gasteiger partial charge in [0.15, 0.2) is 5.69 Å². The third-order valence-electron chi connectivity index (χ3n) is 2.27. The molecule has 1 aliphatic carbocycles. The highest BCUT2D eigenvalue weighted by atomic mass is 16.5. The van der Waals surface area contributed by atoms with Gasteiger partial charge in [-0.25, -0.2) is 9.48 Å². The standard InChI is InChI=1S/C9H13N3O3/c13-9(14)8-5-12(11-10-8)3-4-15-6-7-1-2-7/h5,7H,1-4,6H2,(H,13,14). The molecule has 0 aromatic carbocycles. The van der Waals surface area contributed by atoms with Crippen molar-refractivity contribution >= 4 is 5.97 Å². The number of aromatic nitrogens is 3. The lowest BCUT2D eigenvalue weighted by atomic mass is 10.5. The molecule has 0 radical (unpaired) electrons. The molecule has 1 fully saturated rings. The number of nitrogens with zero attached hydrogens (tertiary/aromatic N) is 3. The van der Waals surface area contributed by atoms with Gasteiger partial charge in [-0.05, 0) is 18.8 Å². The number of carbonyl (C=O) groups is 1.